The van der Waals surface area contributed by atoms with Gasteiger partial charge in [0.1, 0.15) is 16.9 Å². The lowest BCUT2D eigenvalue weighted by molar-refractivity contribution is 0.102. The predicted octanol–water partition coefficient (Wildman–Crippen LogP) is 2.51. The molecule has 8 heteroatoms. The van der Waals surface area contributed by atoms with E-state index in [9.17, 15) is 9.90 Å². The lowest BCUT2D eigenvalue weighted by Crippen LogP contribution is -2.24. The molecule has 2 aliphatic rings. The summed E-state index contributed by atoms with van der Waals surface area (Å²) in [6.07, 6.45) is 6.65. The summed E-state index contributed by atoms with van der Waals surface area (Å²) in [5, 5.41) is 16.9. The van der Waals surface area contributed by atoms with Gasteiger partial charge in [-0.15, -0.1) is 0 Å². The average molecular weight is 407 g/mol. The maximum atomic E-state index is 13.1. The van der Waals surface area contributed by atoms with Gasteiger partial charge in [0.2, 0.25) is 0 Å². The van der Waals surface area contributed by atoms with Crippen molar-refractivity contribution in [2.75, 3.05) is 29.9 Å². The highest BCUT2D eigenvalue weighted by atomic mass is 16.5. The molecule has 30 heavy (non-hydrogen) atoms. The lowest BCUT2D eigenvalue weighted by Gasteiger charge is -2.23. The fourth-order valence-electron chi connectivity index (χ4n) is 4.38. The number of hydrogen-bond donors (Lipinski definition) is 2. The van der Waals surface area contributed by atoms with Crippen LogP contribution < -0.4 is 15.0 Å². The van der Waals surface area contributed by atoms with Gasteiger partial charge in [-0.25, -0.2) is 9.50 Å². The van der Waals surface area contributed by atoms with Crippen LogP contribution in [-0.2, 0) is 6.42 Å². The van der Waals surface area contributed by atoms with Crippen molar-refractivity contribution in [3.05, 3.63) is 47.9 Å². The van der Waals surface area contributed by atoms with Crippen LogP contribution in [0.1, 0.15) is 36.2 Å². The zero-order chi connectivity index (χ0) is 20.9. The third kappa shape index (κ3) is 3.27. The van der Waals surface area contributed by atoms with Gasteiger partial charge in [0.15, 0.2) is 5.65 Å². The van der Waals surface area contributed by atoms with E-state index in [1.54, 1.807) is 23.0 Å². The molecule has 0 aliphatic carbocycles. The van der Waals surface area contributed by atoms with Gasteiger partial charge in [-0.2, -0.15) is 5.10 Å². The van der Waals surface area contributed by atoms with Crippen LogP contribution >= 0.6 is 0 Å². The second-order valence-corrected chi connectivity index (χ2v) is 8.70. The van der Waals surface area contributed by atoms with E-state index >= 15 is 0 Å². The van der Waals surface area contributed by atoms with Crippen molar-refractivity contribution < 1.29 is 14.6 Å². The Bertz CT molecular complexity index is 1120. The smallest absolute Gasteiger partial charge is 0.261 e. The molecule has 1 amide bonds. The topological polar surface area (TPSA) is 92.0 Å². The molecule has 2 aromatic heterocycles. The van der Waals surface area contributed by atoms with Crippen molar-refractivity contribution in [1.29, 1.82) is 0 Å². The van der Waals surface area contributed by atoms with E-state index in [4.69, 9.17) is 4.74 Å². The number of amides is 1. The van der Waals surface area contributed by atoms with E-state index in [0.717, 1.165) is 48.6 Å². The number of benzene rings is 1. The maximum absolute atomic E-state index is 13.1. The average Bonchev–Trinajstić information content (AvgIpc) is 3.42. The number of anilines is 2. The Labute approximate surface area is 174 Å². The van der Waals surface area contributed by atoms with Crippen molar-refractivity contribution >= 4 is 22.9 Å². The summed E-state index contributed by atoms with van der Waals surface area (Å²) in [5.41, 5.74) is 3.41. The van der Waals surface area contributed by atoms with Crippen LogP contribution in [0.5, 0.6) is 5.75 Å². The molecule has 2 N–H and O–H groups in total. The normalized spacial score (nSPS) is 19.7. The van der Waals surface area contributed by atoms with Gasteiger partial charge in [0.05, 0.1) is 17.6 Å². The van der Waals surface area contributed by atoms with E-state index in [0.29, 0.717) is 11.2 Å². The molecule has 1 aromatic carbocycles. The molecule has 0 unspecified atom stereocenters. The fourth-order valence-corrected chi connectivity index (χ4v) is 4.38. The number of rotatable bonds is 4. The molecular weight excluding hydrogens is 382 g/mol. The van der Waals surface area contributed by atoms with Crippen LogP contribution in [0.25, 0.3) is 5.65 Å². The first-order valence-corrected chi connectivity index (χ1v) is 10.2. The molecule has 1 fully saturated rings. The van der Waals surface area contributed by atoms with Crippen molar-refractivity contribution in [2.45, 2.75) is 32.3 Å². The summed E-state index contributed by atoms with van der Waals surface area (Å²) in [7, 11) is 0. The molecule has 0 saturated carbocycles. The molecule has 0 spiro atoms. The number of aromatic nitrogens is 3. The van der Waals surface area contributed by atoms with Crippen molar-refractivity contribution in [3.8, 4) is 5.75 Å². The fraction of sp³-hybridized carbons (Fsp3) is 0.409. The number of ether oxygens (including phenoxy) is 1. The third-order valence-corrected chi connectivity index (χ3v) is 5.84. The molecule has 4 heterocycles. The lowest BCUT2D eigenvalue weighted by atomic mass is 10.0. The highest BCUT2D eigenvalue weighted by Crippen LogP contribution is 2.42. The number of nitrogens with zero attached hydrogens (tertiary/aromatic N) is 4. The first kappa shape index (κ1) is 18.9. The van der Waals surface area contributed by atoms with Crippen LogP contribution in [0.4, 0.5) is 11.4 Å². The largest absolute Gasteiger partial charge is 0.487 e. The number of aliphatic hydroxyl groups is 1. The van der Waals surface area contributed by atoms with Gasteiger partial charge in [0, 0.05) is 56.1 Å². The number of carbonyl (C=O) groups excluding carboxylic acids is 1. The quantitative estimate of drug-likeness (QED) is 0.691. The van der Waals surface area contributed by atoms with Gasteiger partial charge < -0.3 is 20.1 Å². The van der Waals surface area contributed by atoms with Crippen LogP contribution in [0.3, 0.4) is 0 Å². The monoisotopic (exact) mass is 407 g/mol. The molecule has 156 valence electrons. The van der Waals surface area contributed by atoms with E-state index < -0.39 is 0 Å². The van der Waals surface area contributed by atoms with E-state index in [2.05, 4.69) is 34.1 Å². The van der Waals surface area contributed by atoms with Crippen molar-refractivity contribution in [2.24, 2.45) is 5.92 Å². The summed E-state index contributed by atoms with van der Waals surface area (Å²) in [6, 6.07) is 5.81. The Balaban J connectivity index is 1.51. The SMILES string of the molecule is CC1(C)Cc2cc(NC(=O)c3cnn4cccnc34)c(N3CC[C@H](CO)C3)cc2O1. The highest BCUT2D eigenvalue weighted by Gasteiger charge is 2.33. The van der Waals surface area contributed by atoms with Crippen LogP contribution in [0, 0.1) is 5.92 Å². The third-order valence-electron chi connectivity index (χ3n) is 5.84. The van der Waals surface area contributed by atoms with Gasteiger partial charge in [-0.3, -0.25) is 4.79 Å². The minimum atomic E-state index is -0.271. The second-order valence-electron chi connectivity index (χ2n) is 8.70. The first-order chi connectivity index (χ1) is 14.4. The Hall–Kier alpha value is -3.13. The minimum absolute atomic E-state index is 0.167. The molecule has 2 aliphatic heterocycles. The van der Waals surface area contributed by atoms with Crippen LogP contribution in [-0.4, -0.2) is 50.9 Å². The molecule has 8 nitrogen and oxygen atoms in total. The maximum Gasteiger partial charge on any atom is 0.261 e. The number of nitrogens with one attached hydrogen (secondary N) is 1. The molecule has 1 saturated heterocycles. The van der Waals surface area contributed by atoms with Crippen molar-refractivity contribution in [1.82, 2.24) is 14.6 Å². The van der Waals surface area contributed by atoms with E-state index in [-0.39, 0.29) is 24.0 Å². The summed E-state index contributed by atoms with van der Waals surface area (Å²) in [5.74, 6) is 0.849. The van der Waals surface area contributed by atoms with Crippen LogP contribution in [0.2, 0.25) is 0 Å². The summed E-state index contributed by atoms with van der Waals surface area (Å²) in [6.45, 7) is 5.87. The van der Waals surface area contributed by atoms with E-state index in [1.165, 1.54) is 6.20 Å². The second kappa shape index (κ2) is 6.98. The molecule has 1 atom stereocenters. The molecule has 3 aromatic rings. The standard InChI is InChI=1S/C22H25N5O3/c1-22(2)10-15-8-17(18(9-19(15)30-22)26-7-4-14(12-26)13-28)25-21(29)16-11-24-27-6-3-5-23-20(16)27/h3,5-6,8-9,11,14,28H,4,7,10,12-13H2,1-2H3,(H,25,29)/t14-/m0/s1. The number of aliphatic hydroxyl groups excluding tert-OH is 1. The Morgan fingerprint density at radius 1 is 1.40 bits per heavy atom. The van der Waals surface area contributed by atoms with Crippen LogP contribution in [0.15, 0.2) is 36.8 Å². The Morgan fingerprint density at radius 2 is 2.27 bits per heavy atom. The minimum Gasteiger partial charge on any atom is -0.487 e. The molecule has 0 bridgehead atoms. The van der Waals surface area contributed by atoms with E-state index in [1.807, 2.05) is 12.1 Å². The zero-order valence-corrected chi connectivity index (χ0v) is 17.1. The Morgan fingerprint density at radius 3 is 3.07 bits per heavy atom. The highest BCUT2D eigenvalue weighted by molar-refractivity contribution is 6.09. The molecular formula is C22H25N5O3. The van der Waals surface area contributed by atoms with Gasteiger partial charge in [-0.05, 0) is 32.4 Å². The zero-order valence-electron chi connectivity index (χ0n) is 17.1. The Kier molecular flexibility index (Phi) is 4.39. The molecule has 0 radical (unpaired) electrons. The van der Waals surface area contributed by atoms with Gasteiger partial charge in [0.25, 0.3) is 5.91 Å². The summed E-state index contributed by atoms with van der Waals surface area (Å²) in [4.78, 5) is 19.6. The number of fused-ring (bicyclic) bond motifs is 2. The predicted molar refractivity (Wildman–Crippen MR) is 113 cm³/mol. The number of carbonyl (C=O) groups is 1. The summed E-state index contributed by atoms with van der Waals surface area (Å²) < 4.78 is 7.71. The first-order valence-electron chi connectivity index (χ1n) is 10.2. The van der Waals surface area contributed by atoms with Gasteiger partial charge in [-0.1, -0.05) is 0 Å². The molecule has 5 rings (SSSR count). The van der Waals surface area contributed by atoms with Crippen molar-refractivity contribution in [3.63, 3.8) is 0 Å². The van der Waals surface area contributed by atoms with Gasteiger partial charge >= 0.3 is 0 Å². The summed E-state index contributed by atoms with van der Waals surface area (Å²) >= 11 is 0. The number of hydrogen-bond acceptors (Lipinski definition) is 6.